The second-order valence-corrected chi connectivity index (χ2v) is 8.03. The Labute approximate surface area is 127 Å². The average Bonchev–Trinajstić information content (AvgIpc) is 2.88. The summed E-state index contributed by atoms with van der Waals surface area (Å²) in [4.78, 5) is 13.8. The Morgan fingerprint density at radius 3 is 2.55 bits per heavy atom. The zero-order chi connectivity index (χ0) is 14.6. The van der Waals surface area contributed by atoms with Gasteiger partial charge in [-0.1, -0.05) is 0 Å². The fraction of sp³-hybridized carbons (Fsp3) is 0.933. The van der Waals surface area contributed by atoms with E-state index in [1.807, 2.05) is 37.4 Å². The zero-order valence-electron chi connectivity index (χ0n) is 13.0. The summed E-state index contributed by atoms with van der Waals surface area (Å²) in [6.45, 7) is 8.53. The number of carbonyl (C=O) groups excluding carboxylic acids is 1. The maximum Gasteiger partial charge on any atom is 0.410 e. The molecule has 2 heterocycles. The molecule has 1 amide bonds. The van der Waals surface area contributed by atoms with Crippen LogP contribution in [-0.4, -0.2) is 53.8 Å². The summed E-state index contributed by atoms with van der Waals surface area (Å²) in [7, 11) is 0. The molecule has 5 heteroatoms. The zero-order valence-corrected chi connectivity index (χ0v) is 13.8. The Morgan fingerprint density at radius 2 is 2.00 bits per heavy atom. The third-order valence-corrected chi connectivity index (χ3v) is 5.05. The SMILES string of the molecule is CC(C)(C)OC(=O)N1CCC(CNC2CCSC2)CC1. The van der Waals surface area contributed by atoms with E-state index in [-0.39, 0.29) is 6.09 Å². The summed E-state index contributed by atoms with van der Waals surface area (Å²) < 4.78 is 5.42. The summed E-state index contributed by atoms with van der Waals surface area (Å²) >= 11 is 2.05. The summed E-state index contributed by atoms with van der Waals surface area (Å²) in [5.41, 5.74) is -0.393. The molecule has 116 valence electrons. The summed E-state index contributed by atoms with van der Waals surface area (Å²) in [5.74, 6) is 3.27. The van der Waals surface area contributed by atoms with Gasteiger partial charge in [0.1, 0.15) is 5.60 Å². The molecule has 1 unspecified atom stereocenters. The van der Waals surface area contributed by atoms with E-state index >= 15 is 0 Å². The van der Waals surface area contributed by atoms with Crippen LogP contribution in [0.1, 0.15) is 40.0 Å². The van der Waals surface area contributed by atoms with Crippen molar-refractivity contribution in [1.82, 2.24) is 10.2 Å². The van der Waals surface area contributed by atoms with Gasteiger partial charge in [-0.15, -0.1) is 0 Å². The molecule has 4 nitrogen and oxygen atoms in total. The Balaban J connectivity index is 1.65. The molecule has 0 aromatic rings. The highest BCUT2D eigenvalue weighted by Gasteiger charge is 2.27. The highest BCUT2D eigenvalue weighted by atomic mass is 32.2. The number of hydrogen-bond donors (Lipinski definition) is 1. The minimum absolute atomic E-state index is 0.156. The van der Waals surface area contributed by atoms with Crippen LogP contribution in [0.25, 0.3) is 0 Å². The lowest BCUT2D eigenvalue weighted by molar-refractivity contribution is 0.0183. The van der Waals surface area contributed by atoms with Gasteiger partial charge in [0.15, 0.2) is 0 Å². The van der Waals surface area contributed by atoms with Gasteiger partial charge < -0.3 is 15.0 Å². The number of hydrogen-bond acceptors (Lipinski definition) is 4. The number of nitrogens with zero attached hydrogens (tertiary/aromatic N) is 1. The van der Waals surface area contributed by atoms with Gasteiger partial charge in [-0.25, -0.2) is 4.79 Å². The Hall–Kier alpha value is -0.420. The van der Waals surface area contributed by atoms with E-state index in [1.165, 1.54) is 17.9 Å². The summed E-state index contributed by atoms with van der Waals surface area (Å²) in [6.07, 6.45) is 3.33. The highest BCUT2D eigenvalue weighted by molar-refractivity contribution is 7.99. The number of likely N-dealkylation sites (tertiary alicyclic amines) is 1. The number of amides is 1. The van der Waals surface area contributed by atoms with Crippen LogP contribution < -0.4 is 5.32 Å². The first-order valence-corrected chi connectivity index (χ1v) is 8.88. The van der Waals surface area contributed by atoms with Crippen molar-refractivity contribution < 1.29 is 9.53 Å². The van der Waals surface area contributed by atoms with Crippen LogP contribution in [0.2, 0.25) is 0 Å². The van der Waals surface area contributed by atoms with Gasteiger partial charge in [0.05, 0.1) is 0 Å². The van der Waals surface area contributed by atoms with Crippen LogP contribution >= 0.6 is 11.8 Å². The number of nitrogens with one attached hydrogen (secondary N) is 1. The third-order valence-electron chi connectivity index (χ3n) is 3.89. The molecule has 0 saturated carbocycles. The lowest BCUT2D eigenvalue weighted by Crippen LogP contribution is -2.44. The smallest absolute Gasteiger partial charge is 0.410 e. The number of piperidine rings is 1. The van der Waals surface area contributed by atoms with Crippen molar-refractivity contribution in [3.8, 4) is 0 Å². The van der Waals surface area contributed by atoms with Gasteiger partial charge >= 0.3 is 6.09 Å². The van der Waals surface area contributed by atoms with Crippen molar-refractivity contribution in [3.05, 3.63) is 0 Å². The third kappa shape index (κ3) is 5.17. The molecule has 1 atom stereocenters. The van der Waals surface area contributed by atoms with Gasteiger partial charge in [-0.3, -0.25) is 0 Å². The first-order valence-electron chi connectivity index (χ1n) is 7.73. The second kappa shape index (κ2) is 7.03. The normalized spacial score (nSPS) is 24.9. The molecule has 20 heavy (non-hydrogen) atoms. The molecule has 0 aliphatic carbocycles. The fourth-order valence-corrected chi connectivity index (χ4v) is 3.86. The second-order valence-electron chi connectivity index (χ2n) is 6.88. The quantitative estimate of drug-likeness (QED) is 0.870. The van der Waals surface area contributed by atoms with Gasteiger partial charge in [-0.05, 0) is 58.2 Å². The predicted octanol–water partition coefficient (Wildman–Crippen LogP) is 2.73. The minimum atomic E-state index is -0.393. The van der Waals surface area contributed by atoms with Crippen molar-refractivity contribution in [2.75, 3.05) is 31.1 Å². The van der Waals surface area contributed by atoms with Crippen LogP contribution in [0.5, 0.6) is 0 Å². The van der Waals surface area contributed by atoms with Crippen LogP contribution in [0.4, 0.5) is 4.79 Å². The van der Waals surface area contributed by atoms with Crippen molar-refractivity contribution in [3.63, 3.8) is 0 Å². The summed E-state index contributed by atoms with van der Waals surface area (Å²) in [6, 6.07) is 0.712. The van der Waals surface area contributed by atoms with E-state index in [1.54, 1.807) is 0 Å². The topological polar surface area (TPSA) is 41.6 Å². The molecule has 2 fully saturated rings. The van der Waals surface area contributed by atoms with E-state index < -0.39 is 5.60 Å². The number of rotatable bonds is 3. The molecular formula is C15H28N2O2S. The van der Waals surface area contributed by atoms with Gasteiger partial charge in [0.25, 0.3) is 0 Å². The molecule has 2 rings (SSSR count). The van der Waals surface area contributed by atoms with Crippen molar-refractivity contribution in [2.45, 2.75) is 51.7 Å². The predicted molar refractivity (Wildman–Crippen MR) is 84.3 cm³/mol. The molecule has 0 radical (unpaired) electrons. The van der Waals surface area contributed by atoms with Crippen molar-refractivity contribution in [2.24, 2.45) is 5.92 Å². The van der Waals surface area contributed by atoms with E-state index in [2.05, 4.69) is 5.32 Å². The molecule has 0 spiro atoms. The molecule has 2 aliphatic rings. The van der Waals surface area contributed by atoms with E-state index in [0.29, 0.717) is 12.0 Å². The van der Waals surface area contributed by atoms with Gasteiger partial charge in [0.2, 0.25) is 0 Å². The summed E-state index contributed by atoms with van der Waals surface area (Å²) in [5, 5.41) is 3.68. The number of carbonyl (C=O) groups is 1. The number of ether oxygens (including phenoxy) is 1. The van der Waals surface area contributed by atoms with Gasteiger partial charge in [-0.2, -0.15) is 11.8 Å². The van der Waals surface area contributed by atoms with Crippen LogP contribution in [0, 0.1) is 5.92 Å². The van der Waals surface area contributed by atoms with E-state index in [0.717, 1.165) is 32.5 Å². The Bertz CT molecular complexity index is 316. The maximum atomic E-state index is 12.0. The molecule has 0 aromatic carbocycles. The maximum absolute atomic E-state index is 12.0. The lowest BCUT2D eigenvalue weighted by atomic mass is 9.96. The monoisotopic (exact) mass is 300 g/mol. The molecule has 2 saturated heterocycles. The standard InChI is InChI=1S/C15H28N2O2S/c1-15(2,3)19-14(18)17-7-4-12(5-8-17)10-16-13-6-9-20-11-13/h12-13,16H,4-11H2,1-3H3. The van der Waals surface area contributed by atoms with E-state index in [4.69, 9.17) is 4.74 Å². The first-order chi connectivity index (χ1) is 9.44. The Kier molecular flexibility index (Phi) is 5.61. The highest BCUT2D eigenvalue weighted by Crippen LogP contribution is 2.21. The van der Waals surface area contributed by atoms with E-state index in [9.17, 15) is 4.79 Å². The first kappa shape index (κ1) is 16.0. The fourth-order valence-electron chi connectivity index (χ4n) is 2.67. The van der Waals surface area contributed by atoms with Crippen molar-refractivity contribution >= 4 is 17.9 Å². The lowest BCUT2D eigenvalue weighted by Gasteiger charge is -2.33. The molecule has 0 bridgehead atoms. The average molecular weight is 300 g/mol. The molecular weight excluding hydrogens is 272 g/mol. The largest absolute Gasteiger partial charge is 0.444 e. The molecule has 0 aromatic heterocycles. The van der Waals surface area contributed by atoms with Crippen molar-refractivity contribution in [1.29, 1.82) is 0 Å². The van der Waals surface area contributed by atoms with Gasteiger partial charge in [0, 0.05) is 24.9 Å². The molecule has 1 N–H and O–H groups in total. The van der Waals surface area contributed by atoms with Crippen LogP contribution in [0.3, 0.4) is 0 Å². The van der Waals surface area contributed by atoms with Crippen LogP contribution in [-0.2, 0) is 4.74 Å². The number of thioether (sulfide) groups is 1. The minimum Gasteiger partial charge on any atom is -0.444 e. The van der Waals surface area contributed by atoms with Crippen LogP contribution in [0.15, 0.2) is 0 Å². The Morgan fingerprint density at radius 1 is 1.30 bits per heavy atom. The molecule has 2 aliphatic heterocycles.